The summed E-state index contributed by atoms with van der Waals surface area (Å²) in [6.07, 6.45) is -1.21. The van der Waals surface area contributed by atoms with E-state index in [0.29, 0.717) is 17.8 Å². The van der Waals surface area contributed by atoms with Crippen LogP contribution in [0.1, 0.15) is 32.3 Å². The molecule has 21 heavy (non-hydrogen) atoms. The number of hydrogen-bond acceptors (Lipinski definition) is 3. The highest BCUT2D eigenvalue weighted by atomic mass is 19.4. The molecule has 1 saturated heterocycles. The molecule has 2 rings (SSSR count). The molecule has 0 bridgehead atoms. The van der Waals surface area contributed by atoms with Gasteiger partial charge in [0, 0.05) is 25.3 Å². The van der Waals surface area contributed by atoms with Gasteiger partial charge in [-0.3, -0.25) is 0 Å². The number of halogens is 3. The Kier molecular flexibility index (Phi) is 5.08. The Labute approximate surface area is 123 Å². The van der Waals surface area contributed by atoms with Gasteiger partial charge in [0.05, 0.1) is 5.56 Å². The zero-order valence-corrected chi connectivity index (χ0v) is 12.5. The minimum Gasteiger partial charge on any atom is -0.356 e. The summed E-state index contributed by atoms with van der Waals surface area (Å²) in [4.78, 5) is 6.08. The van der Waals surface area contributed by atoms with Gasteiger partial charge in [-0.25, -0.2) is 4.98 Å². The van der Waals surface area contributed by atoms with Crippen molar-refractivity contribution >= 4 is 5.82 Å². The zero-order valence-electron chi connectivity index (χ0n) is 12.5. The van der Waals surface area contributed by atoms with Gasteiger partial charge >= 0.3 is 6.18 Å². The summed E-state index contributed by atoms with van der Waals surface area (Å²) in [5.41, 5.74) is -0.694. The number of nitrogens with one attached hydrogen (secondary N) is 1. The molecular formula is C15H22F3N3. The van der Waals surface area contributed by atoms with Crippen molar-refractivity contribution in [3.05, 3.63) is 23.9 Å². The second-order valence-corrected chi connectivity index (χ2v) is 5.60. The van der Waals surface area contributed by atoms with E-state index in [-0.39, 0.29) is 0 Å². The topological polar surface area (TPSA) is 28.2 Å². The molecule has 1 aromatic rings. The summed E-state index contributed by atoms with van der Waals surface area (Å²) < 4.78 is 37.7. The number of pyridine rings is 1. The lowest BCUT2D eigenvalue weighted by Crippen LogP contribution is -2.44. The lowest BCUT2D eigenvalue weighted by Gasteiger charge is -2.36. The predicted molar refractivity (Wildman–Crippen MR) is 77.3 cm³/mol. The zero-order chi connectivity index (χ0) is 15.5. The largest absolute Gasteiger partial charge is 0.417 e. The summed E-state index contributed by atoms with van der Waals surface area (Å²) in [7, 11) is 0. The van der Waals surface area contributed by atoms with E-state index in [1.165, 1.54) is 6.07 Å². The van der Waals surface area contributed by atoms with Crippen LogP contribution in [0.25, 0.3) is 0 Å². The number of rotatable bonds is 4. The fourth-order valence-corrected chi connectivity index (χ4v) is 2.86. The first-order chi connectivity index (χ1) is 9.91. The first-order valence-electron chi connectivity index (χ1n) is 7.43. The molecule has 6 heteroatoms. The Morgan fingerprint density at radius 3 is 2.76 bits per heavy atom. The van der Waals surface area contributed by atoms with E-state index < -0.39 is 11.7 Å². The van der Waals surface area contributed by atoms with E-state index in [1.54, 1.807) is 0 Å². The summed E-state index contributed by atoms with van der Waals surface area (Å²) >= 11 is 0. The van der Waals surface area contributed by atoms with Gasteiger partial charge in [-0.05, 0) is 44.4 Å². The standard InChI is InChI=1S/C15H22F3N3/c1-3-19-11(2)12-5-4-8-21(10-12)14-7-6-13(9-20-14)15(16,17)18/h6-7,9,11-12,19H,3-5,8,10H2,1-2H3. The van der Waals surface area contributed by atoms with Crippen molar-refractivity contribution in [2.75, 3.05) is 24.5 Å². The molecule has 1 fully saturated rings. The minimum absolute atomic E-state index is 0.409. The van der Waals surface area contributed by atoms with Gasteiger partial charge in [0.15, 0.2) is 0 Å². The highest BCUT2D eigenvalue weighted by molar-refractivity contribution is 5.40. The van der Waals surface area contributed by atoms with Crippen molar-refractivity contribution in [2.45, 2.75) is 38.9 Å². The van der Waals surface area contributed by atoms with Crippen LogP contribution in [-0.2, 0) is 6.18 Å². The maximum atomic E-state index is 12.6. The third kappa shape index (κ3) is 4.09. The van der Waals surface area contributed by atoms with Crippen LogP contribution in [-0.4, -0.2) is 30.7 Å². The number of nitrogens with zero attached hydrogens (tertiary/aromatic N) is 2. The van der Waals surface area contributed by atoms with Gasteiger partial charge in [0.25, 0.3) is 0 Å². The van der Waals surface area contributed by atoms with E-state index in [4.69, 9.17) is 0 Å². The number of aromatic nitrogens is 1. The third-order valence-electron chi connectivity index (χ3n) is 4.09. The third-order valence-corrected chi connectivity index (χ3v) is 4.09. The Morgan fingerprint density at radius 2 is 2.19 bits per heavy atom. The van der Waals surface area contributed by atoms with Crippen LogP contribution in [0, 0.1) is 5.92 Å². The average molecular weight is 301 g/mol. The van der Waals surface area contributed by atoms with Gasteiger partial charge in [0.2, 0.25) is 0 Å². The average Bonchev–Trinajstić information content (AvgIpc) is 2.47. The molecule has 2 atom stereocenters. The second-order valence-electron chi connectivity index (χ2n) is 5.60. The molecule has 2 unspecified atom stereocenters. The highest BCUT2D eigenvalue weighted by Crippen LogP contribution is 2.30. The Morgan fingerprint density at radius 1 is 1.43 bits per heavy atom. The first-order valence-corrected chi connectivity index (χ1v) is 7.43. The molecule has 0 aromatic carbocycles. The second kappa shape index (κ2) is 6.64. The van der Waals surface area contributed by atoms with Gasteiger partial charge in [0.1, 0.15) is 5.82 Å². The fourth-order valence-electron chi connectivity index (χ4n) is 2.86. The molecule has 0 saturated carbocycles. The Hall–Kier alpha value is -1.30. The van der Waals surface area contributed by atoms with Crippen molar-refractivity contribution in [1.82, 2.24) is 10.3 Å². The van der Waals surface area contributed by atoms with E-state index in [1.807, 2.05) is 0 Å². The molecule has 1 aliphatic rings. The molecule has 3 nitrogen and oxygen atoms in total. The summed E-state index contributed by atoms with van der Waals surface area (Å²) in [5, 5.41) is 3.42. The SMILES string of the molecule is CCNC(C)C1CCCN(c2ccc(C(F)(F)F)cn2)C1. The van der Waals surface area contributed by atoms with Crippen LogP contribution in [0.4, 0.5) is 19.0 Å². The van der Waals surface area contributed by atoms with Gasteiger partial charge in [-0.1, -0.05) is 6.92 Å². The summed E-state index contributed by atoms with van der Waals surface area (Å²) in [6.45, 7) is 6.86. The molecule has 1 aliphatic heterocycles. The van der Waals surface area contributed by atoms with Gasteiger partial charge in [-0.2, -0.15) is 13.2 Å². The van der Waals surface area contributed by atoms with E-state index in [0.717, 1.165) is 44.7 Å². The molecule has 118 valence electrons. The van der Waals surface area contributed by atoms with E-state index in [9.17, 15) is 13.2 Å². The van der Waals surface area contributed by atoms with Crippen molar-refractivity contribution in [3.8, 4) is 0 Å². The Balaban J connectivity index is 2.04. The molecule has 0 amide bonds. The van der Waals surface area contributed by atoms with Crippen molar-refractivity contribution < 1.29 is 13.2 Å². The molecule has 1 aromatic heterocycles. The fraction of sp³-hybridized carbons (Fsp3) is 0.667. The van der Waals surface area contributed by atoms with E-state index >= 15 is 0 Å². The van der Waals surface area contributed by atoms with Crippen LogP contribution in [0.2, 0.25) is 0 Å². The molecule has 2 heterocycles. The normalized spacial score (nSPS) is 21.4. The quantitative estimate of drug-likeness (QED) is 0.925. The predicted octanol–water partition coefficient (Wildman–Crippen LogP) is 3.31. The molecule has 0 aliphatic carbocycles. The highest BCUT2D eigenvalue weighted by Gasteiger charge is 2.31. The molecular weight excluding hydrogens is 279 g/mol. The monoisotopic (exact) mass is 301 g/mol. The van der Waals surface area contributed by atoms with Crippen LogP contribution >= 0.6 is 0 Å². The Bertz CT molecular complexity index is 444. The van der Waals surface area contributed by atoms with Gasteiger partial charge in [-0.15, -0.1) is 0 Å². The smallest absolute Gasteiger partial charge is 0.356 e. The molecule has 1 N–H and O–H groups in total. The maximum Gasteiger partial charge on any atom is 0.417 e. The maximum absolute atomic E-state index is 12.6. The van der Waals surface area contributed by atoms with Crippen LogP contribution in [0.15, 0.2) is 18.3 Å². The number of hydrogen-bond donors (Lipinski definition) is 1. The van der Waals surface area contributed by atoms with E-state index in [2.05, 4.69) is 29.0 Å². The lowest BCUT2D eigenvalue weighted by molar-refractivity contribution is -0.137. The summed E-state index contributed by atoms with van der Waals surface area (Å²) in [6, 6.07) is 3.00. The number of alkyl halides is 3. The van der Waals surface area contributed by atoms with Gasteiger partial charge < -0.3 is 10.2 Å². The number of piperidine rings is 1. The number of anilines is 1. The summed E-state index contributed by atoms with van der Waals surface area (Å²) in [5.74, 6) is 1.14. The van der Waals surface area contributed by atoms with Crippen molar-refractivity contribution in [1.29, 1.82) is 0 Å². The van der Waals surface area contributed by atoms with Crippen molar-refractivity contribution in [3.63, 3.8) is 0 Å². The molecule has 0 radical (unpaired) electrons. The minimum atomic E-state index is -4.32. The van der Waals surface area contributed by atoms with Crippen LogP contribution < -0.4 is 10.2 Å². The molecule has 0 spiro atoms. The van der Waals surface area contributed by atoms with Crippen LogP contribution in [0.3, 0.4) is 0 Å². The van der Waals surface area contributed by atoms with Crippen LogP contribution in [0.5, 0.6) is 0 Å². The first kappa shape index (κ1) is 16.1. The lowest BCUT2D eigenvalue weighted by atomic mass is 9.91. The van der Waals surface area contributed by atoms with Crippen molar-refractivity contribution in [2.24, 2.45) is 5.92 Å².